The number of benzene rings is 1. The van der Waals surface area contributed by atoms with E-state index < -0.39 is 0 Å². The van der Waals surface area contributed by atoms with Crippen LogP contribution in [-0.4, -0.2) is 15.1 Å². The monoisotopic (exact) mass is 308 g/mol. The molecule has 0 radical (unpaired) electrons. The van der Waals surface area contributed by atoms with E-state index in [2.05, 4.69) is 25.9 Å². The summed E-state index contributed by atoms with van der Waals surface area (Å²) in [4.78, 5) is 18.9. The van der Waals surface area contributed by atoms with Gasteiger partial charge in [-0.25, -0.2) is 4.98 Å². The first-order valence-corrected chi connectivity index (χ1v) is 6.49. The number of nitrogens with one attached hydrogen (secondary N) is 1. The maximum atomic E-state index is 11.8. The molecule has 0 fully saturated rings. The molecular formula is C13H13BrN2O2. The zero-order valence-electron chi connectivity index (χ0n) is 9.90. The number of aromatic nitrogens is 2. The summed E-state index contributed by atoms with van der Waals surface area (Å²) in [5.74, 6) is 0.623. The zero-order chi connectivity index (χ0) is 13.1. The Bertz CT molecular complexity index is 623. The molecule has 0 bridgehead atoms. The van der Waals surface area contributed by atoms with E-state index >= 15 is 0 Å². The smallest absolute Gasteiger partial charge is 0.265 e. The van der Waals surface area contributed by atoms with Crippen LogP contribution < -0.4 is 5.56 Å². The number of phenols is 1. The molecule has 0 saturated heterocycles. The number of rotatable bonds is 3. The third-order valence-corrected chi connectivity index (χ3v) is 3.36. The number of aryl methyl sites for hydroxylation is 1. The summed E-state index contributed by atoms with van der Waals surface area (Å²) in [6.45, 7) is 2.03. The summed E-state index contributed by atoms with van der Waals surface area (Å²) in [5, 5.41) is 9.44. The molecule has 1 aromatic heterocycles. The average Bonchev–Trinajstić information content (AvgIpc) is 2.35. The molecule has 0 saturated carbocycles. The summed E-state index contributed by atoms with van der Waals surface area (Å²) in [6.07, 6.45) is 1.64. The molecule has 0 unspecified atom stereocenters. The molecule has 0 atom stereocenters. The van der Waals surface area contributed by atoms with Gasteiger partial charge in [0.1, 0.15) is 16.0 Å². The SMILES string of the molecule is CCCc1nc(-c2cccc(O)c2)[nH]c(=O)c1Br. The molecular weight excluding hydrogens is 296 g/mol. The van der Waals surface area contributed by atoms with Crippen molar-refractivity contribution in [2.24, 2.45) is 0 Å². The molecule has 0 spiro atoms. The van der Waals surface area contributed by atoms with Crippen molar-refractivity contribution >= 4 is 15.9 Å². The summed E-state index contributed by atoms with van der Waals surface area (Å²) in [5.41, 5.74) is 1.23. The normalized spacial score (nSPS) is 10.6. The van der Waals surface area contributed by atoms with Crippen LogP contribution in [0.3, 0.4) is 0 Å². The summed E-state index contributed by atoms with van der Waals surface area (Å²) < 4.78 is 0.480. The first kappa shape index (κ1) is 12.8. The molecule has 2 aromatic rings. The lowest BCUT2D eigenvalue weighted by molar-refractivity contribution is 0.475. The Kier molecular flexibility index (Phi) is 3.81. The first-order valence-electron chi connectivity index (χ1n) is 5.70. The number of phenolic OH excluding ortho intramolecular Hbond substituents is 1. The topological polar surface area (TPSA) is 66.0 Å². The second-order valence-corrected chi connectivity index (χ2v) is 4.77. The Morgan fingerprint density at radius 2 is 2.22 bits per heavy atom. The molecule has 0 aliphatic heterocycles. The molecule has 5 heteroatoms. The third kappa shape index (κ3) is 2.61. The summed E-state index contributed by atoms with van der Waals surface area (Å²) in [7, 11) is 0. The molecule has 4 nitrogen and oxygen atoms in total. The van der Waals surface area contributed by atoms with Gasteiger partial charge in [0, 0.05) is 5.56 Å². The number of halogens is 1. The molecule has 0 amide bonds. The maximum Gasteiger partial charge on any atom is 0.265 e. The standard InChI is InChI=1S/C13H13BrN2O2/c1-2-4-10-11(14)13(18)16-12(15-10)8-5-3-6-9(17)7-8/h3,5-7,17H,2,4H2,1H3,(H,15,16,18). The van der Waals surface area contributed by atoms with Crippen LogP contribution in [0.5, 0.6) is 5.75 Å². The highest BCUT2D eigenvalue weighted by atomic mass is 79.9. The lowest BCUT2D eigenvalue weighted by Gasteiger charge is -2.06. The highest BCUT2D eigenvalue weighted by molar-refractivity contribution is 9.10. The Morgan fingerprint density at radius 1 is 1.44 bits per heavy atom. The second kappa shape index (κ2) is 5.35. The number of H-pyrrole nitrogens is 1. The van der Waals surface area contributed by atoms with Crippen LogP contribution in [0.2, 0.25) is 0 Å². The van der Waals surface area contributed by atoms with E-state index in [4.69, 9.17) is 0 Å². The Balaban J connectivity index is 2.55. The van der Waals surface area contributed by atoms with Crippen LogP contribution in [0, 0.1) is 0 Å². The van der Waals surface area contributed by atoms with E-state index in [-0.39, 0.29) is 11.3 Å². The van der Waals surface area contributed by atoms with E-state index in [1.54, 1.807) is 24.3 Å². The van der Waals surface area contributed by atoms with E-state index in [0.29, 0.717) is 15.9 Å². The lowest BCUT2D eigenvalue weighted by atomic mass is 10.2. The van der Waals surface area contributed by atoms with E-state index in [9.17, 15) is 9.90 Å². The predicted molar refractivity (Wildman–Crippen MR) is 73.7 cm³/mol. The van der Waals surface area contributed by atoms with Crippen LogP contribution in [0.15, 0.2) is 33.5 Å². The van der Waals surface area contributed by atoms with Crippen LogP contribution in [-0.2, 0) is 6.42 Å². The number of nitrogens with zero attached hydrogens (tertiary/aromatic N) is 1. The molecule has 2 rings (SSSR count). The van der Waals surface area contributed by atoms with Crippen LogP contribution in [0.1, 0.15) is 19.0 Å². The van der Waals surface area contributed by atoms with Gasteiger partial charge in [-0.05, 0) is 34.5 Å². The minimum Gasteiger partial charge on any atom is -0.508 e. The van der Waals surface area contributed by atoms with Gasteiger partial charge in [-0.3, -0.25) is 4.79 Å². The first-order chi connectivity index (χ1) is 8.61. The molecule has 18 heavy (non-hydrogen) atoms. The van der Waals surface area contributed by atoms with Gasteiger partial charge in [0.05, 0.1) is 5.69 Å². The highest BCUT2D eigenvalue weighted by Crippen LogP contribution is 2.21. The molecule has 1 aromatic carbocycles. The average molecular weight is 309 g/mol. The van der Waals surface area contributed by atoms with Gasteiger partial charge in [0.2, 0.25) is 0 Å². The van der Waals surface area contributed by atoms with Gasteiger partial charge in [-0.2, -0.15) is 0 Å². The summed E-state index contributed by atoms with van der Waals surface area (Å²) in [6, 6.07) is 6.66. The zero-order valence-corrected chi connectivity index (χ0v) is 11.5. The van der Waals surface area contributed by atoms with Gasteiger partial charge in [-0.15, -0.1) is 0 Å². The van der Waals surface area contributed by atoms with Crippen molar-refractivity contribution in [1.82, 2.24) is 9.97 Å². The Morgan fingerprint density at radius 3 is 2.89 bits per heavy atom. The molecule has 94 valence electrons. The van der Waals surface area contributed by atoms with Crippen LogP contribution in [0.25, 0.3) is 11.4 Å². The minimum absolute atomic E-state index is 0.148. The predicted octanol–water partition coefficient (Wildman–Crippen LogP) is 2.86. The quantitative estimate of drug-likeness (QED) is 0.916. The van der Waals surface area contributed by atoms with Crippen molar-refractivity contribution in [3.63, 3.8) is 0 Å². The third-order valence-electron chi connectivity index (χ3n) is 2.54. The van der Waals surface area contributed by atoms with Crippen molar-refractivity contribution in [3.8, 4) is 17.1 Å². The van der Waals surface area contributed by atoms with Gasteiger partial charge in [-0.1, -0.05) is 25.5 Å². The lowest BCUT2D eigenvalue weighted by Crippen LogP contribution is -2.13. The Labute approximate surface area is 113 Å². The largest absolute Gasteiger partial charge is 0.508 e. The van der Waals surface area contributed by atoms with E-state index in [1.807, 2.05) is 6.92 Å². The van der Waals surface area contributed by atoms with Crippen molar-refractivity contribution in [2.75, 3.05) is 0 Å². The van der Waals surface area contributed by atoms with Crippen molar-refractivity contribution in [3.05, 3.63) is 44.8 Å². The van der Waals surface area contributed by atoms with Crippen molar-refractivity contribution in [1.29, 1.82) is 0 Å². The van der Waals surface area contributed by atoms with Crippen LogP contribution >= 0.6 is 15.9 Å². The van der Waals surface area contributed by atoms with Gasteiger partial charge < -0.3 is 10.1 Å². The number of hydrogen-bond donors (Lipinski definition) is 2. The molecule has 1 heterocycles. The summed E-state index contributed by atoms with van der Waals surface area (Å²) >= 11 is 3.25. The van der Waals surface area contributed by atoms with Crippen molar-refractivity contribution in [2.45, 2.75) is 19.8 Å². The number of aromatic hydroxyl groups is 1. The second-order valence-electron chi connectivity index (χ2n) is 3.98. The number of aromatic amines is 1. The Hall–Kier alpha value is -1.62. The van der Waals surface area contributed by atoms with Crippen LogP contribution in [0.4, 0.5) is 0 Å². The fourth-order valence-corrected chi connectivity index (χ4v) is 2.08. The van der Waals surface area contributed by atoms with Gasteiger partial charge >= 0.3 is 0 Å². The van der Waals surface area contributed by atoms with E-state index in [1.165, 1.54) is 0 Å². The molecule has 0 aliphatic carbocycles. The van der Waals surface area contributed by atoms with Crippen molar-refractivity contribution < 1.29 is 5.11 Å². The molecule has 2 N–H and O–H groups in total. The van der Waals surface area contributed by atoms with E-state index in [0.717, 1.165) is 18.5 Å². The fourth-order valence-electron chi connectivity index (χ4n) is 1.70. The number of hydrogen-bond acceptors (Lipinski definition) is 3. The highest BCUT2D eigenvalue weighted by Gasteiger charge is 2.09. The maximum absolute atomic E-state index is 11.8. The minimum atomic E-state index is -0.202. The molecule has 0 aliphatic rings. The van der Waals surface area contributed by atoms with Gasteiger partial charge in [0.25, 0.3) is 5.56 Å². The van der Waals surface area contributed by atoms with Gasteiger partial charge in [0.15, 0.2) is 0 Å². The fraction of sp³-hybridized carbons (Fsp3) is 0.231.